The molecular formula is C10H21N3O2S2. The molecule has 0 heterocycles. The van der Waals surface area contributed by atoms with Crippen molar-refractivity contribution in [3.8, 4) is 0 Å². The average Bonchev–Trinajstić information content (AvgIpc) is 2.39. The molecule has 100 valence electrons. The fourth-order valence-corrected chi connectivity index (χ4v) is 2.53. The number of likely N-dealkylation sites (N-methyl/N-ethyl adjacent to an activating group) is 1. The molecule has 0 aromatic carbocycles. The van der Waals surface area contributed by atoms with Crippen LogP contribution in [-0.2, 0) is 9.59 Å². The molecule has 4 N–H and O–H groups in total. The van der Waals surface area contributed by atoms with E-state index in [1.54, 1.807) is 18.8 Å². The fraction of sp³-hybridized carbons (Fsp3) is 0.800. The zero-order valence-corrected chi connectivity index (χ0v) is 12.0. The summed E-state index contributed by atoms with van der Waals surface area (Å²) in [5.41, 5.74) is 1.85. The lowest BCUT2D eigenvalue weighted by atomic mass is 10.2. The predicted molar refractivity (Wildman–Crippen MR) is 75.6 cm³/mol. The Balaban J connectivity index is 4.24. The zero-order chi connectivity index (χ0) is 14.0. The van der Waals surface area contributed by atoms with Crippen LogP contribution in [0.4, 0.5) is 0 Å². The topological polar surface area (TPSA) is 84.2 Å². The van der Waals surface area contributed by atoms with E-state index in [0.29, 0.717) is 11.5 Å². The van der Waals surface area contributed by atoms with Gasteiger partial charge in [-0.15, -0.1) is 0 Å². The highest BCUT2D eigenvalue weighted by Gasteiger charge is 2.19. The second kappa shape index (κ2) is 9.76. The second-order valence-electron chi connectivity index (χ2n) is 3.52. The molecule has 0 aliphatic rings. The Hall–Kier alpha value is -0.240. The van der Waals surface area contributed by atoms with Gasteiger partial charge in [0.05, 0.1) is 18.6 Å². The standard InChI is InChI=1S/C10H21N3O2S2/c1-12-7(5-16-2)9(14)4-13-8(6-17-3)10(11)15/h7-8,12-13H,4-6H2,1-3H3,(H2,11,15)/i/hT. The van der Waals surface area contributed by atoms with Crippen LogP contribution in [0.15, 0.2) is 0 Å². The van der Waals surface area contributed by atoms with E-state index < -0.39 is 11.9 Å². The van der Waals surface area contributed by atoms with Crippen molar-refractivity contribution < 1.29 is 11.0 Å². The van der Waals surface area contributed by atoms with Gasteiger partial charge in [-0.05, 0) is 19.6 Å². The van der Waals surface area contributed by atoms with Gasteiger partial charge in [-0.1, -0.05) is 0 Å². The Kier molecular flexibility index (Phi) is 8.50. The van der Waals surface area contributed by atoms with Gasteiger partial charge in [0.25, 0.3) is 0 Å². The summed E-state index contributed by atoms with van der Waals surface area (Å²) in [5.74, 6) is 0.846. The summed E-state index contributed by atoms with van der Waals surface area (Å²) >= 11 is 3.09. The minimum atomic E-state index is -0.506. The van der Waals surface area contributed by atoms with Crippen LogP contribution >= 0.6 is 23.5 Å². The molecule has 0 spiro atoms. The maximum atomic E-state index is 11.9. The van der Waals surface area contributed by atoms with Gasteiger partial charge in [0.15, 0.2) is 7.20 Å². The summed E-state index contributed by atoms with van der Waals surface area (Å²) in [6.45, 7) is 0.130. The van der Waals surface area contributed by atoms with Crippen molar-refractivity contribution in [2.75, 3.05) is 37.6 Å². The molecule has 7 heteroatoms. The Morgan fingerprint density at radius 3 is 2.35 bits per heavy atom. The summed E-state index contributed by atoms with van der Waals surface area (Å²) in [5, 5.41) is 5.84. The number of amides is 1. The van der Waals surface area contributed by atoms with Gasteiger partial charge in [-0.3, -0.25) is 14.9 Å². The molecule has 0 fully saturated rings. The molecule has 0 aromatic rings. The number of ketones is 1. The highest BCUT2D eigenvalue weighted by molar-refractivity contribution is 7.98. The number of carbonyl (C=O) groups excluding carboxylic acids is 2. The van der Waals surface area contributed by atoms with Crippen LogP contribution in [0.25, 0.3) is 0 Å². The molecule has 0 aromatic heterocycles. The number of thioether (sulfide) groups is 2. The van der Waals surface area contributed by atoms with Crippen LogP contribution in [0.1, 0.15) is 0 Å². The number of nitrogens with two attached hydrogens (primary N) is 1. The monoisotopic (exact) mass is 281 g/mol. The molecule has 2 atom stereocenters. The van der Waals surface area contributed by atoms with E-state index in [0.717, 1.165) is 0 Å². The van der Waals surface area contributed by atoms with Gasteiger partial charge in [0.2, 0.25) is 5.91 Å². The van der Waals surface area contributed by atoms with Crippen LogP contribution in [0, 0.1) is 0 Å². The predicted octanol–water partition coefficient (Wildman–Crippen LogP) is -0.687. The van der Waals surface area contributed by atoms with E-state index in [1.165, 1.54) is 11.8 Å². The lowest BCUT2D eigenvalue weighted by molar-refractivity contribution is -0.121. The van der Waals surface area contributed by atoms with Crippen molar-refractivity contribution in [3.63, 3.8) is 0 Å². The van der Waals surface area contributed by atoms with E-state index in [2.05, 4.69) is 10.6 Å². The number of primary amides is 1. The first-order valence-corrected chi connectivity index (χ1v) is 8.02. The SMILES string of the molecule is [3H]NC(=O)C(CSC)NCC(=O)C(CSC)NC. The van der Waals surface area contributed by atoms with Crippen molar-refractivity contribution >= 4 is 35.2 Å². The molecule has 0 aliphatic carbocycles. The molecule has 0 aliphatic heterocycles. The molecule has 0 saturated carbocycles. The van der Waals surface area contributed by atoms with Crippen LogP contribution in [0.5, 0.6) is 0 Å². The van der Waals surface area contributed by atoms with Crippen LogP contribution in [-0.4, -0.2) is 61.4 Å². The summed E-state index contributed by atoms with van der Waals surface area (Å²) in [4.78, 5) is 23.2. The van der Waals surface area contributed by atoms with Crippen molar-refractivity contribution in [1.29, 1.82) is 0 Å². The van der Waals surface area contributed by atoms with E-state index in [4.69, 9.17) is 1.41 Å². The molecule has 0 rings (SSSR count). The third-order valence-corrected chi connectivity index (χ3v) is 3.58. The number of hydrogen-bond donors (Lipinski definition) is 3. The van der Waals surface area contributed by atoms with Crippen LogP contribution < -0.4 is 16.4 Å². The first-order chi connectivity index (χ1) is 8.60. The lowest BCUT2D eigenvalue weighted by Gasteiger charge is -2.17. The molecular weight excluding hydrogens is 258 g/mol. The molecule has 17 heavy (non-hydrogen) atoms. The fourth-order valence-electron chi connectivity index (χ4n) is 1.24. The van der Waals surface area contributed by atoms with E-state index in [9.17, 15) is 9.59 Å². The summed E-state index contributed by atoms with van der Waals surface area (Å²) in [6.07, 6.45) is 3.81. The van der Waals surface area contributed by atoms with Crippen molar-refractivity contribution in [2.24, 2.45) is 5.73 Å². The summed E-state index contributed by atoms with van der Waals surface area (Å²) in [6, 6.07) is -0.713. The summed E-state index contributed by atoms with van der Waals surface area (Å²) < 4.78 is 6.84. The van der Waals surface area contributed by atoms with Crippen molar-refractivity contribution in [3.05, 3.63) is 0 Å². The Morgan fingerprint density at radius 2 is 1.88 bits per heavy atom. The normalized spacial score (nSPS) is 14.9. The largest absolute Gasteiger partial charge is 0.368 e. The highest BCUT2D eigenvalue weighted by atomic mass is 32.2. The van der Waals surface area contributed by atoms with Crippen LogP contribution in [0.3, 0.4) is 0 Å². The van der Waals surface area contributed by atoms with E-state index >= 15 is 0 Å². The Morgan fingerprint density at radius 1 is 1.29 bits per heavy atom. The Bertz CT molecular complexity index is 270. The second-order valence-corrected chi connectivity index (χ2v) is 5.34. The number of carbonyl (C=O) groups is 2. The maximum absolute atomic E-state index is 11.9. The quantitative estimate of drug-likeness (QED) is 0.492. The van der Waals surface area contributed by atoms with Gasteiger partial charge in [0.1, 0.15) is 0 Å². The molecule has 2 unspecified atom stereocenters. The molecule has 5 nitrogen and oxygen atoms in total. The van der Waals surface area contributed by atoms with Crippen molar-refractivity contribution in [2.45, 2.75) is 12.1 Å². The number of Topliss-reactive ketones (excluding diaryl/α,β-unsaturated/α-hetero) is 1. The average molecular weight is 281 g/mol. The van der Waals surface area contributed by atoms with Crippen molar-refractivity contribution in [1.82, 2.24) is 10.6 Å². The smallest absolute Gasteiger partial charge is 0.235 e. The third-order valence-electron chi connectivity index (χ3n) is 2.24. The minimum Gasteiger partial charge on any atom is -0.368 e. The van der Waals surface area contributed by atoms with Gasteiger partial charge in [-0.2, -0.15) is 23.5 Å². The minimum absolute atomic E-state index is 0.0238. The van der Waals surface area contributed by atoms with E-state index in [1.807, 2.05) is 18.2 Å². The highest BCUT2D eigenvalue weighted by Crippen LogP contribution is 1.99. The third kappa shape index (κ3) is 6.92. The number of rotatable bonds is 10. The van der Waals surface area contributed by atoms with Gasteiger partial charge in [0, 0.05) is 11.5 Å². The summed E-state index contributed by atoms with van der Waals surface area (Å²) in [7, 11) is 1.74. The first kappa shape index (κ1) is 14.8. The molecule has 0 saturated heterocycles. The lowest BCUT2D eigenvalue weighted by Crippen LogP contribution is -2.49. The van der Waals surface area contributed by atoms with E-state index in [-0.39, 0.29) is 18.4 Å². The molecule has 0 bridgehead atoms. The molecule has 1 amide bonds. The van der Waals surface area contributed by atoms with Gasteiger partial charge in [-0.25, -0.2) is 0 Å². The van der Waals surface area contributed by atoms with Gasteiger partial charge < -0.3 is 11.0 Å². The molecule has 0 radical (unpaired) electrons. The Labute approximate surface area is 112 Å². The van der Waals surface area contributed by atoms with Gasteiger partial charge >= 0.3 is 0 Å². The zero-order valence-electron chi connectivity index (χ0n) is 11.4. The number of nitrogens with one attached hydrogen (secondary N) is 2. The van der Waals surface area contributed by atoms with Crippen LogP contribution in [0.2, 0.25) is 1.41 Å². The first-order valence-electron chi connectivity index (χ1n) is 5.73. The maximum Gasteiger partial charge on any atom is 0.235 e. The number of hydrogen-bond acceptors (Lipinski definition) is 6.